The average Bonchev–Trinajstić information content (AvgIpc) is 2.70. The van der Waals surface area contributed by atoms with Crippen LogP contribution >= 0.6 is 0 Å². The quantitative estimate of drug-likeness (QED) is 0.420. The number of carbonyl (C=O) groups is 1. The lowest BCUT2D eigenvalue weighted by molar-refractivity contribution is -0.130. The van der Waals surface area contributed by atoms with Gasteiger partial charge in [0.2, 0.25) is 0 Å². The zero-order valence-corrected chi connectivity index (χ0v) is 14.7. The van der Waals surface area contributed by atoms with E-state index in [4.69, 9.17) is 4.74 Å². The number of methoxy groups -OCH3 is 1. The first-order valence-electron chi connectivity index (χ1n) is 8.34. The molecular formula is C23H18O4. The normalized spacial score (nSPS) is 12.1. The lowest BCUT2D eigenvalue weighted by Crippen LogP contribution is -2.01. The van der Waals surface area contributed by atoms with E-state index in [1.165, 1.54) is 13.4 Å². The lowest BCUT2D eigenvalue weighted by Gasteiger charge is -2.08. The second-order valence-electron chi connectivity index (χ2n) is 5.90. The highest BCUT2D eigenvalue weighted by Gasteiger charge is 2.14. The molecule has 0 heterocycles. The summed E-state index contributed by atoms with van der Waals surface area (Å²) in [5.41, 5.74) is 2.03. The van der Waals surface area contributed by atoms with E-state index >= 15 is 0 Å². The Morgan fingerprint density at radius 2 is 1.85 bits per heavy atom. The zero-order valence-electron chi connectivity index (χ0n) is 14.7. The molecule has 0 saturated carbocycles. The van der Waals surface area contributed by atoms with E-state index in [-0.39, 0.29) is 5.57 Å². The molecule has 27 heavy (non-hydrogen) atoms. The minimum Gasteiger partial charge on any atom is -0.503 e. The first kappa shape index (κ1) is 18.2. The fourth-order valence-corrected chi connectivity index (χ4v) is 2.80. The number of hydrogen-bond acceptors (Lipinski definition) is 3. The van der Waals surface area contributed by atoms with Crippen LogP contribution in [-0.4, -0.2) is 23.3 Å². The monoisotopic (exact) mass is 358 g/mol. The van der Waals surface area contributed by atoms with Crippen molar-refractivity contribution in [3.05, 3.63) is 89.7 Å². The number of rotatable bonds is 4. The third-order valence-electron chi connectivity index (χ3n) is 4.11. The van der Waals surface area contributed by atoms with Crippen molar-refractivity contribution in [1.29, 1.82) is 0 Å². The molecule has 3 rings (SSSR count). The van der Waals surface area contributed by atoms with Gasteiger partial charge in [0.25, 0.3) is 0 Å². The molecule has 0 aliphatic rings. The number of aliphatic carboxylic acids is 1. The molecule has 4 nitrogen and oxygen atoms in total. The number of ether oxygens (including phenoxy) is 1. The van der Waals surface area contributed by atoms with Crippen LogP contribution in [0, 0.1) is 11.8 Å². The van der Waals surface area contributed by atoms with E-state index in [9.17, 15) is 15.0 Å². The van der Waals surface area contributed by atoms with E-state index in [1.54, 1.807) is 12.1 Å². The average molecular weight is 358 g/mol. The predicted molar refractivity (Wildman–Crippen MR) is 105 cm³/mol. The number of hydrogen-bond donors (Lipinski definition) is 2. The number of fused-ring (bicyclic) bond motifs is 1. The van der Waals surface area contributed by atoms with Gasteiger partial charge >= 0.3 is 5.97 Å². The Bertz CT molecular complexity index is 1060. The molecule has 3 aromatic rings. The van der Waals surface area contributed by atoms with Gasteiger partial charge in [0.05, 0.1) is 13.4 Å². The van der Waals surface area contributed by atoms with Crippen molar-refractivity contribution >= 4 is 22.3 Å². The van der Waals surface area contributed by atoms with Gasteiger partial charge in [-0.3, -0.25) is 0 Å². The maximum absolute atomic E-state index is 11.6. The zero-order chi connectivity index (χ0) is 19.2. The van der Waals surface area contributed by atoms with Gasteiger partial charge in [0, 0.05) is 5.56 Å². The summed E-state index contributed by atoms with van der Waals surface area (Å²) in [6.07, 6.45) is 0.328. The van der Waals surface area contributed by atoms with Crippen LogP contribution in [0.2, 0.25) is 0 Å². The summed E-state index contributed by atoms with van der Waals surface area (Å²) in [6.45, 7) is 0. The molecule has 0 fully saturated rings. The molecule has 0 aliphatic heterocycles. The van der Waals surface area contributed by atoms with Crippen LogP contribution in [0.3, 0.4) is 0 Å². The number of carboxylic acids is 1. The van der Waals surface area contributed by atoms with Crippen LogP contribution < -0.4 is 0 Å². The molecule has 1 atom stereocenters. The molecule has 0 aromatic heterocycles. The number of carboxylic acid groups (broad SMARTS) is 1. The summed E-state index contributed by atoms with van der Waals surface area (Å²) < 4.78 is 4.92. The van der Waals surface area contributed by atoms with Gasteiger partial charge < -0.3 is 14.9 Å². The Kier molecular flexibility index (Phi) is 5.55. The minimum atomic E-state index is -1.07. The van der Waals surface area contributed by atoms with Crippen LogP contribution in [-0.2, 0) is 9.53 Å². The summed E-state index contributed by atoms with van der Waals surface area (Å²) in [5.74, 6) is 4.72. The molecule has 0 saturated heterocycles. The molecule has 2 N–H and O–H groups in total. The number of aliphatic hydroxyl groups excluding tert-OH is 1. The molecule has 134 valence electrons. The van der Waals surface area contributed by atoms with Gasteiger partial charge in [-0.15, -0.1) is 0 Å². The smallest absolute Gasteiger partial charge is 0.339 e. The molecule has 0 bridgehead atoms. The molecule has 1 unspecified atom stereocenters. The first-order chi connectivity index (χ1) is 13.1. The summed E-state index contributed by atoms with van der Waals surface area (Å²) in [6, 6.07) is 20.2. The highest BCUT2D eigenvalue weighted by atomic mass is 16.5. The number of benzene rings is 3. The van der Waals surface area contributed by atoms with Crippen LogP contribution in [0.25, 0.3) is 16.3 Å². The van der Waals surface area contributed by atoms with Gasteiger partial charge in [0.15, 0.2) is 0 Å². The van der Waals surface area contributed by atoms with Crippen molar-refractivity contribution in [2.45, 2.75) is 6.10 Å². The number of aliphatic hydroxyl groups is 1. The third kappa shape index (κ3) is 4.17. The highest BCUT2D eigenvalue weighted by molar-refractivity contribution is 6.19. The van der Waals surface area contributed by atoms with Crippen molar-refractivity contribution in [3.8, 4) is 11.8 Å². The summed E-state index contributed by atoms with van der Waals surface area (Å²) >= 11 is 0. The van der Waals surface area contributed by atoms with Crippen LogP contribution in [0.4, 0.5) is 0 Å². The Morgan fingerprint density at radius 1 is 1.07 bits per heavy atom. The SMILES string of the molecule is COC=C(C(=O)O)c1cccc2ccc(C#CC(O)c3ccccc3)cc12. The molecule has 0 spiro atoms. The molecule has 3 aromatic carbocycles. The van der Waals surface area contributed by atoms with Crippen molar-refractivity contribution in [2.75, 3.05) is 7.11 Å². The van der Waals surface area contributed by atoms with E-state index in [0.29, 0.717) is 11.1 Å². The summed E-state index contributed by atoms with van der Waals surface area (Å²) in [7, 11) is 1.41. The topological polar surface area (TPSA) is 66.8 Å². The second-order valence-corrected chi connectivity index (χ2v) is 5.90. The minimum absolute atomic E-state index is 0.0672. The van der Waals surface area contributed by atoms with Crippen molar-refractivity contribution < 1.29 is 19.7 Å². The Labute approximate surface area is 157 Å². The third-order valence-corrected chi connectivity index (χ3v) is 4.11. The fraction of sp³-hybridized carbons (Fsp3) is 0.0870. The second kappa shape index (κ2) is 8.22. The van der Waals surface area contributed by atoms with Crippen molar-refractivity contribution in [1.82, 2.24) is 0 Å². The maximum Gasteiger partial charge on any atom is 0.339 e. The van der Waals surface area contributed by atoms with E-state index in [0.717, 1.165) is 16.3 Å². The van der Waals surface area contributed by atoms with Gasteiger partial charge in [-0.25, -0.2) is 4.79 Å². The Morgan fingerprint density at radius 3 is 2.56 bits per heavy atom. The largest absolute Gasteiger partial charge is 0.503 e. The molecule has 0 aliphatic carbocycles. The molecular weight excluding hydrogens is 340 g/mol. The molecule has 4 heteroatoms. The standard InChI is InChI=1S/C23H18O4/c1-27-15-21(23(25)26)19-9-5-8-17-12-10-16(14-20(17)19)11-13-22(24)18-6-3-2-4-7-18/h2-10,12,14-15,22,24H,1H3,(H,25,26). The van der Waals surface area contributed by atoms with Gasteiger partial charge in [0.1, 0.15) is 11.7 Å². The van der Waals surface area contributed by atoms with Gasteiger partial charge in [-0.05, 0) is 34.0 Å². The lowest BCUT2D eigenvalue weighted by atomic mass is 9.97. The first-order valence-corrected chi connectivity index (χ1v) is 8.34. The Hall–Kier alpha value is -3.55. The van der Waals surface area contributed by atoms with Crippen LogP contribution in [0.15, 0.2) is 73.0 Å². The van der Waals surface area contributed by atoms with E-state index in [2.05, 4.69) is 11.8 Å². The van der Waals surface area contributed by atoms with Crippen molar-refractivity contribution in [2.24, 2.45) is 0 Å². The fourth-order valence-electron chi connectivity index (χ4n) is 2.80. The van der Waals surface area contributed by atoms with Crippen LogP contribution in [0.1, 0.15) is 22.8 Å². The summed E-state index contributed by atoms with van der Waals surface area (Å²) in [4.78, 5) is 11.6. The van der Waals surface area contributed by atoms with Gasteiger partial charge in [-0.2, -0.15) is 0 Å². The van der Waals surface area contributed by atoms with Gasteiger partial charge in [-0.1, -0.05) is 66.4 Å². The predicted octanol–water partition coefficient (Wildman–Crippen LogP) is 4.00. The van der Waals surface area contributed by atoms with E-state index < -0.39 is 12.1 Å². The summed E-state index contributed by atoms with van der Waals surface area (Å²) in [5, 5.41) is 21.3. The molecule has 0 amide bonds. The van der Waals surface area contributed by atoms with E-state index in [1.807, 2.05) is 54.6 Å². The Balaban J connectivity index is 2.03. The highest BCUT2D eigenvalue weighted by Crippen LogP contribution is 2.26. The van der Waals surface area contributed by atoms with Crippen molar-refractivity contribution in [3.63, 3.8) is 0 Å². The maximum atomic E-state index is 11.6. The molecule has 0 radical (unpaired) electrons. The van der Waals surface area contributed by atoms with Crippen LogP contribution in [0.5, 0.6) is 0 Å².